The van der Waals surface area contributed by atoms with Gasteiger partial charge in [0.25, 0.3) is 0 Å². The van der Waals surface area contributed by atoms with Crippen molar-refractivity contribution in [1.82, 2.24) is 29.7 Å². The highest BCUT2D eigenvalue weighted by molar-refractivity contribution is 7.14. The summed E-state index contributed by atoms with van der Waals surface area (Å²) in [6, 6.07) is 33.6. The highest BCUT2D eigenvalue weighted by atomic mass is 32.1. The van der Waals surface area contributed by atoms with Gasteiger partial charge < -0.3 is 34.5 Å². The fourth-order valence-corrected chi connectivity index (χ4v) is 12.9. The van der Waals surface area contributed by atoms with Crippen LogP contribution in [0.5, 0.6) is 11.5 Å². The van der Waals surface area contributed by atoms with E-state index in [2.05, 4.69) is 54.6 Å². The topological polar surface area (TPSA) is 206 Å². The van der Waals surface area contributed by atoms with Crippen molar-refractivity contribution < 1.29 is 42.9 Å². The van der Waals surface area contributed by atoms with Crippen LogP contribution in [0.2, 0.25) is 0 Å². The molecule has 2 aliphatic rings. The number of rotatable bonds is 29. The molecule has 0 radical (unpaired) electrons. The Balaban J connectivity index is 0.000000254. The van der Waals surface area contributed by atoms with E-state index in [1.54, 1.807) is 9.80 Å². The van der Waals surface area contributed by atoms with E-state index >= 15 is 0 Å². The maximum atomic E-state index is 14.3. The monoisotopic (exact) mass is 1340 g/mol. The number of ether oxygens (including phenoxy) is 4. The van der Waals surface area contributed by atoms with E-state index in [1.165, 1.54) is 62.7 Å². The summed E-state index contributed by atoms with van der Waals surface area (Å²) in [5.74, 6) is 1.10. The van der Waals surface area contributed by atoms with Crippen LogP contribution < -0.4 is 15.2 Å². The maximum absolute atomic E-state index is 14.3. The van der Waals surface area contributed by atoms with Crippen LogP contribution in [0, 0.1) is 5.92 Å². The summed E-state index contributed by atoms with van der Waals surface area (Å²) in [7, 11) is 0. The average Bonchev–Trinajstić information content (AvgIpc) is 1.82. The Bertz CT molecular complexity index is 3630. The third-order valence-electron chi connectivity index (χ3n) is 17.2. The van der Waals surface area contributed by atoms with Crippen LogP contribution >= 0.6 is 11.3 Å². The van der Waals surface area contributed by atoms with Crippen LogP contribution in [0.4, 0.5) is 0 Å². The van der Waals surface area contributed by atoms with Crippen molar-refractivity contribution in [3.8, 4) is 56.5 Å². The van der Waals surface area contributed by atoms with Gasteiger partial charge >= 0.3 is 11.9 Å². The van der Waals surface area contributed by atoms with Crippen molar-refractivity contribution in [2.45, 2.75) is 220 Å². The highest BCUT2D eigenvalue weighted by Gasteiger charge is 2.41. The van der Waals surface area contributed by atoms with Crippen LogP contribution in [-0.2, 0) is 46.9 Å². The normalized spacial score (nSPS) is 15.5. The SMILES string of the molecule is CCCCCCCOc1ccc(-c2cnc(-c3ccc(C[C@H](CC(=O)c4ccc(C(C)(C)C)s4)C(=O)N4CCC[C@H]4C(=O)OC(C)(C)C)cc3)nc2)cc1.CCCCCCCOc1ccc(-c2cnc(-c3ccc(C[C@H](N)C(=O)N4CCC[C@H]4C(=O)OC(C)(C)C)cc3)nc2)cc1. The second kappa shape index (κ2) is 35.4. The Kier molecular flexibility index (Phi) is 27.2. The summed E-state index contributed by atoms with van der Waals surface area (Å²) in [5, 5.41) is 0. The summed E-state index contributed by atoms with van der Waals surface area (Å²) in [4.78, 5) is 90.4. The summed E-state index contributed by atoms with van der Waals surface area (Å²) in [6.45, 7) is 24.2. The van der Waals surface area contributed by atoms with Gasteiger partial charge in [-0.05, 0) is 157 Å². The molecular weight excluding hydrogens is 1230 g/mol. The first-order chi connectivity index (χ1) is 46.4. The number of nitrogens with two attached hydrogens (primary N) is 1. The zero-order chi connectivity index (χ0) is 69.7. The Morgan fingerprint density at radius 1 is 0.495 bits per heavy atom. The third-order valence-corrected chi connectivity index (χ3v) is 18.8. The molecule has 0 aliphatic carbocycles. The van der Waals surface area contributed by atoms with Crippen LogP contribution in [0.25, 0.3) is 45.0 Å². The molecule has 4 aromatic carbocycles. The highest BCUT2D eigenvalue weighted by Crippen LogP contribution is 2.34. The number of benzene rings is 4. The standard InChI is InChI=1S/C45H57N3O5S.C35H46N4O4/c1-8-9-10-11-12-26-52-36-21-19-32(20-22-36)35-29-46-41(47-30-35)33-17-15-31(16-18-33)27-34(28-38(49)39-23-24-40(54-39)44(2,3)4)42(50)48-25-13-14-37(48)43(51)53-45(5,6)7;1-5-6-7-8-9-21-42-29-18-16-26(17-19-29)28-23-37-32(38-24-28)27-14-12-25(13-15-27)22-30(36)33(40)39-20-10-11-31(39)34(41)43-35(2,3)4/h15-24,29-30,34,37H,8-14,25-28H2,1-7H3;12-19,23-24,30-31H,5-11,20-22,36H2,1-4H3/t34-,37+;30-,31-/m10/s1. The molecule has 518 valence electrons. The lowest BCUT2D eigenvalue weighted by atomic mass is 9.91. The molecule has 0 saturated carbocycles. The molecule has 0 spiro atoms. The van der Waals surface area contributed by atoms with Crippen molar-refractivity contribution in [3.63, 3.8) is 0 Å². The van der Waals surface area contributed by atoms with E-state index in [-0.39, 0.29) is 35.4 Å². The number of carbonyl (C=O) groups excluding carboxylic acids is 5. The smallest absolute Gasteiger partial charge is 0.329 e. The number of carbonyl (C=O) groups is 5. The number of aromatic nitrogens is 4. The van der Waals surface area contributed by atoms with Gasteiger partial charge in [0.2, 0.25) is 11.8 Å². The minimum Gasteiger partial charge on any atom is -0.494 e. The van der Waals surface area contributed by atoms with E-state index < -0.39 is 41.2 Å². The Hall–Kier alpha value is -8.15. The predicted octanol–water partition coefficient (Wildman–Crippen LogP) is 16.6. The van der Waals surface area contributed by atoms with E-state index in [1.807, 2.05) is 176 Å². The second-order valence-corrected chi connectivity index (χ2v) is 29.8. The minimum absolute atomic E-state index is 0.0545. The molecule has 2 fully saturated rings. The maximum Gasteiger partial charge on any atom is 0.329 e. The number of Topliss-reactive ketones (excluding diaryl/α,β-unsaturated/α-hetero) is 1. The van der Waals surface area contributed by atoms with Crippen molar-refractivity contribution in [2.75, 3.05) is 26.3 Å². The molecule has 4 atom stereocenters. The third kappa shape index (κ3) is 22.7. The number of ketones is 1. The Morgan fingerprint density at radius 2 is 0.897 bits per heavy atom. The molecule has 9 rings (SSSR count). The van der Waals surface area contributed by atoms with E-state index in [0.29, 0.717) is 61.7 Å². The molecule has 16 nitrogen and oxygen atoms in total. The molecule has 0 bridgehead atoms. The van der Waals surface area contributed by atoms with Gasteiger partial charge in [-0.2, -0.15) is 0 Å². The number of thiophene rings is 1. The first-order valence-electron chi connectivity index (χ1n) is 35.1. The lowest BCUT2D eigenvalue weighted by molar-refractivity contribution is -0.164. The average molecular weight is 1340 g/mol. The van der Waals surface area contributed by atoms with Gasteiger partial charge in [-0.25, -0.2) is 29.5 Å². The lowest BCUT2D eigenvalue weighted by Gasteiger charge is -2.30. The molecule has 2 aliphatic heterocycles. The van der Waals surface area contributed by atoms with Crippen molar-refractivity contribution in [2.24, 2.45) is 11.7 Å². The van der Waals surface area contributed by atoms with Gasteiger partial charge in [0.05, 0.1) is 24.1 Å². The van der Waals surface area contributed by atoms with Crippen LogP contribution in [0.1, 0.15) is 198 Å². The van der Waals surface area contributed by atoms with Gasteiger partial charge in [0, 0.05) is 77.3 Å². The second-order valence-electron chi connectivity index (χ2n) is 28.8. The van der Waals surface area contributed by atoms with Crippen molar-refractivity contribution in [3.05, 3.63) is 155 Å². The molecule has 0 unspecified atom stereocenters. The van der Waals surface area contributed by atoms with Gasteiger partial charge in [0.1, 0.15) is 34.8 Å². The zero-order valence-corrected chi connectivity index (χ0v) is 60.0. The van der Waals surface area contributed by atoms with Gasteiger partial charge in [-0.3, -0.25) is 14.4 Å². The van der Waals surface area contributed by atoms with Crippen molar-refractivity contribution >= 4 is 40.9 Å². The first-order valence-corrected chi connectivity index (χ1v) is 35.9. The molecule has 17 heteroatoms. The van der Waals surface area contributed by atoms with Gasteiger partial charge in [-0.15, -0.1) is 11.3 Å². The fourth-order valence-electron chi connectivity index (χ4n) is 11.9. The predicted molar refractivity (Wildman–Crippen MR) is 386 cm³/mol. The minimum atomic E-state index is -0.744. The molecule has 2 saturated heterocycles. The van der Waals surface area contributed by atoms with Crippen LogP contribution in [0.15, 0.2) is 134 Å². The van der Waals surface area contributed by atoms with Gasteiger partial charge in [-0.1, -0.05) is 159 Å². The lowest BCUT2D eigenvalue weighted by Crippen LogP contribution is -2.50. The number of esters is 2. The number of amides is 2. The summed E-state index contributed by atoms with van der Waals surface area (Å²) in [6.07, 6.45) is 22.8. The van der Waals surface area contributed by atoms with Crippen LogP contribution in [0.3, 0.4) is 0 Å². The largest absolute Gasteiger partial charge is 0.494 e. The molecule has 97 heavy (non-hydrogen) atoms. The molecular formula is C80H103N7O9S. The van der Waals surface area contributed by atoms with E-state index in [0.717, 1.165) is 93.4 Å². The summed E-state index contributed by atoms with van der Waals surface area (Å²) >= 11 is 1.49. The van der Waals surface area contributed by atoms with Crippen molar-refractivity contribution in [1.29, 1.82) is 0 Å². The fraction of sp³-hybridized carbons (Fsp3) is 0.487. The molecule has 7 aromatic rings. The molecule has 5 heterocycles. The number of hydrogen-bond acceptors (Lipinski definition) is 15. The quantitative estimate of drug-likeness (QED) is 0.0263. The van der Waals surface area contributed by atoms with E-state index in [9.17, 15) is 24.0 Å². The number of nitrogens with zero attached hydrogens (tertiary/aromatic N) is 6. The van der Waals surface area contributed by atoms with E-state index in [4.69, 9.17) is 24.7 Å². The number of hydrogen-bond donors (Lipinski definition) is 1. The summed E-state index contributed by atoms with van der Waals surface area (Å²) in [5.41, 5.74) is 12.5. The molecule has 2 N–H and O–H groups in total. The number of unbranched alkanes of at least 4 members (excludes halogenated alkanes) is 8. The molecule has 2 amide bonds. The zero-order valence-electron chi connectivity index (χ0n) is 59.2. The summed E-state index contributed by atoms with van der Waals surface area (Å²) < 4.78 is 23.0. The van der Waals surface area contributed by atoms with Gasteiger partial charge in [0.15, 0.2) is 17.4 Å². The number of likely N-dealkylation sites (tertiary alicyclic amines) is 2. The molecule has 3 aromatic heterocycles. The van der Waals surface area contributed by atoms with Crippen LogP contribution in [-0.4, -0.2) is 115 Å². The Morgan fingerprint density at radius 3 is 1.30 bits per heavy atom. The first kappa shape index (κ1) is 74.6. The Labute approximate surface area is 579 Å².